The molecule has 1 saturated heterocycles. The van der Waals surface area contributed by atoms with Gasteiger partial charge < -0.3 is 10.1 Å². The monoisotopic (exact) mass is 286 g/mol. The SMILES string of the molecule is C=CCNc1c(C)c(C)nc2cc(C3CCOCC3)nn12. The van der Waals surface area contributed by atoms with Gasteiger partial charge in [-0.1, -0.05) is 6.08 Å². The minimum absolute atomic E-state index is 0.480. The number of ether oxygens (including phenoxy) is 1. The number of aryl methyl sites for hydroxylation is 1. The maximum atomic E-state index is 5.44. The molecule has 0 radical (unpaired) electrons. The first-order valence-corrected chi connectivity index (χ1v) is 7.50. The van der Waals surface area contributed by atoms with Crippen molar-refractivity contribution < 1.29 is 4.74 Å². The highest BCUT2D eigenvalue weighted by Gasteiger charge is 2.20. The fourth-order valence-corrected chi connectivity index (χ4v) is 2.79. The summed E-state index contributed by atoms with van der Waals surface area (Å²) < 4.78 is 7.36. The summed E-state index contributed by atoms with van der Waals surface area (Å²) in [5.74, 6) is 1.49. The Hall–Kier alpha value is -1.88. The van der Waals surface area contributed by atoms with Crippen molar-refractivity contribution >= 4 is 11.5 Å². The van der Waals surface area contributed by atoms with E-state index in [4.69, 9.17) is 9.84 Å². The van der Waals surface area contributed by atoms with E-state index in [9.17, 15) is 0 Å². The summed E-state index contributed by atoms with van der Waals surface area (Å²) in [4.78, 5) is 4.66. The number of rotatable bonds is 4. The lowest BCUT2D eigenvalue weighted by Crippen LogP contribution is -2.15. The predicted molar refractivity (Wildman–Crippen MR) is 83.9 cm³/mol. The van der Waals surface area contributed by atoms with E-state index in [-0.39, 0.29) is 0 Å². The Bertz CT molecular complexity index is 656. The van der Waals surface area contributed by atoms with E-state index < -0.39 is 0 Å². The Morgan fingerprint density at radius 3 is 2.90 bits per heavy atom. The van der Waals surface area contributed by atoms with E-state index >= 15 is 0 Å². The molecule has 0 aromatic carbocycles. The summed E-state index contributed by atoms with van der Waals surface area (Å²) >= 11 is 0. The summed E-state index contributed by atoms with van der Waals surface area (Å²) in [7, 11) is 0. The molecule has 2 aromatic heterocycles. The molecule has 2 aromatic rings. The van der Waals surface area contributed by atoms with Gasteiger partial charge in [-0.2, -0.15) is 9.61 Å². The number of hydrogen-bond donors (Lipinski definition) is 1. The van der Waals surface area contributed by atoms with Gasteiger partial charge in [-0.3, -0.25) is 0 Å². The molecule has 1 N–H and O–H groups in total. The third-order valence-corrected chi connectivity index (χ3v) is 4.15. The Morgan fingerprint density at radius 1 is 1.43 bits per heavy atom. The zero-order valence-electron chi connectivity index (χ0n) is 12.7. The fraction of sp³-hybridized carbons (Fsp3) is 0.500. The standard InChI is InChI=1S/C16H22N4O/c1-4-7-17-16-11(2)12(3)18-15-10-14(19-20(15)16)13-5-8-21-9-6-13/h4,10,13,17H,1,5-9H2,2-3H3. The maximum Gasteiger partial charge on any atom is 0.157 e. The minimum Gasteiger partial charge on any atom is -0.381 e. The van der Waals surface area contributed by atoms with Crippen molar-refractivity contribution in [2.45, 2.75) is 32.6 Å². The van der Waals surface area contributed by atoms with E-state index in [0.29, 0.717) is 12.5 Å². The summed E-state index contributed by atoms with van der Waals surface area (Å²) in [6, 6.07) is 2.11. The molecular formula is C16H22N4O. The first-order valence-electron chi connectivity index (χ1n) is 7.50. The molecule has 0 unspecified atom stereocenters. The summed E-state index contributed by atoms with van der Waals surface area (Å²) in [5.41, 5.74) is 4.20. The predicted octanol–water partition coefficient (Wildman–Crippen LogP) is 2.84. The van der Waals surface area contributed by atoms with Crippen LogP contribution in [0.1, 0.15) is 35.7 Å². The Kier molecular flexibility index (Phi) is 3.92. The fourth-order valence-electron chi connectivity index (χ4n) is 2.79. The molecule has 1 aliphatic rings. The quantitative estimate of drug-likeness (QED) is 0.878. The van der Waals surface area contributed by atoms with Crippen LogP contribution in [0.25, 0.3) is 5.65 Å². The summed E-state index contributed by atoms with van der Waals surface area (Å²) in [5, 5.41) is 8.17. The van der Waals surface area contributed by atoms with Crippen LogP contribution in [-0.4, -0.2) is 34.4 Å². The Balaban J connectivity index is 2.04. The molecule has 0 spiro atoms. The zero-order chi connectivity index (χ0) is 14.8. The number of aromatic nitrogens is 3. The van der Waals surface area contributed by atoms with Gasteiger partial charge in [0, 0.05) is 43.0 Å². The van der Waals surface area contributed by atoms with Gasteiger partial charge in [-0.25, -0.2) is 4.98 Å². The highest BCUT2D eigenvalue weighted by molar-refractivity contribution is 5.56. The number of nitrogens with one attached hydrogen (secondary N) is 1. The molecule has 0 atom stereocenters. The van der Waals surface area contributed by atoms with Crippen molar-refractivity contribution in [1.29, 1.82) is 0 Å². The molecule has 0 saturated carbocycles. The van der Waals surface area contributed by atoms with Gasteiger partial charge in [0.15, 0.2) is 5.65 Å². The van der Waals surface area contributed by atoms with Crippen LogP contribution in [-0.2, 0) is 4.74 Å². The molecule has 3 heterocycles. The number of fused-ring (bicyclic) bond motifs is 1. The highest BCUT2D eigenvalue weighted by atomic mass is 16.5. The normalized spacial score (nSPS) is 16.3. The van der Waals surface area contributed by atoms with Gasteiger partial charge in [0.2, 0.25) is 0 Å². The molecule has 21 heavy (non-hydrogen) atoms. The lowest BCUT2D eigenvalue weighted by atomic mass is 9.97. The van der Waals surface area contributed by atoms with Crippen molar-refractivity contribution in [3.63, 3.8) is 0 Å². The molecule has 1 aliphatic heterocycles. The minimum atomic E-state index is 0.480. The molecule has 112 valence electrons. The second kappa shape index (κ2) is 5.85. The zero-order valence-corrected chi connectivity index (χ0v) is 12.7. The largest absolute Gasteiger partial charge is 0.381 e. The molecule has 3 rings (SSSR count). The first-order chi connectivity index (χ1) is 10.2. The van der Waals surface area contributed by atoms with Crippen LogP contribution in [0.15, 0.2) is 18.7 Å². The van der Waals surface area contributed by atoms with Crippen LogP contribution in [0.4, 0.5) is 5.82 Å². The molecule has 0 bridgehead atoms. The van der Waals surface area contributed by atoms with E-state index in [2.05, 4.69) is 29.9 Å². The van der Waals surface area contributed by atoms with Crippen LogP contribution in [0.5, 0.6) is 0 Å². The van der Waals surface area contributed by atoms with Crippen LogP contribution in [0, 0.1) is 13.8 Å². The lowest BCUT2D eigenvalue weighted by Gasteiger charge is -2.19. The Labute approximate surface area is 125 Å². The maximum absolute atomic E-state index is 5.44. The second-order valence-electron chi connectivity index (χ2n) is 5.57. The van der Waals surface area contributed by atoms with Gasteiger partial charge in [0.05, 0.1) is 5.69 Å². The molecule has 5 nitrogen and oxygen atoms in total. The topological polar surface area (TPSA) is 51.5 Å². The molecule has 0 amide bonds. The van der Waals surface area contributed by atoms with Crippen molar-refractivity contribution in [2.24, 2.45) is 0 Å². The second-order valence-corrected chi connectivity index (χ2v) is 5.57. The van der Waals surface area contributed by atoms with Crippen LogP contribution in [0.3, 0.4) is 0 Å². The van der Waals surface area contributed by atoms with E-state index in [0.717, 1.165) is 54.5 Å². The molecule has 1 fully saturated rings. The van der Waals surface area contributed by atoms with E-state index in [1.54, 1.807) is 0 Å². The van der Waals surface area contributed by atoms with E-state index in [1.165, 1.54) is 0 Å². The summed E-state index contributed by atoms with van der Waals surface area (Å²) in [6.45, 7) is 10.2. The first kappa shape index (κ1) is 14.1. The van der Waals surface area contributed by atoms with E-state index in [1.807, 2.05) is 17.5 Å². The summed E-state index contributed by atoms with van der Waals surface area (Å²) in [6.07, 6.45) is 3.93. The van der Waals surface area contributed by atoms with Crippen molar-refractivity contribution in [3.8, 4) is 0 Å². The average molecular weight is 286 g/mol. The third kappa shape index (κ3) is 2.65. The third-order valence-electron chi connectivity index (χ3n) is 4.15. The van der Waals surface area contributed by atoms with Crippen LogP contribution in [0.2, 0.25) is 0 Å². The molecule has 0 aliphatic carbocycles. The Morgan fingerprint density at radius 2 is 2.19 bits per heavy atom. The van der Waals surface area contributed by atoms with Gasteiger partial charge in [0.25, 0.3) is 0 Å². The lowest BCUT2D eigenvalue weighted by molar-refractivity contribution is 0.0844. The van der Waals surface area contributed by atoms with Gasteiger partial charge in [0.1, 0.15) is 5.82 Å². The van der Waals surface area contributed by atoms with Crippen LogP contribution >= 0.6 is 0 Å². The molecular weight excluding hydrogens is 264 g/mol. The van der Waals surface area contributed by atoms with Gasteiger partial charge in [-0.15, -0.1) is 6.58 Å². The van der Waals surface area contributed by atoms with Crippen molar-refractivity contribution in [3.05, 3.63) is 35.7 Å². The number of hydrogen-bond acceptors (Lipinski definition) is 4. The molecule has 5 heteroatoms. The smallest absolute Gasteiger partial charge is 0.157 e. The van der Waals surface area contributed by atoms with Crippen molar-refractivity contribution in [2.75, 3.05) is 25.1 Å². The highest BCUT2D eigenvalue weighted by Crippen LogP contribution is 2.28. The number of anilines is 1. The van der Waals surface area contributed by atoms with Gasteiger partial charge >= 0.3 is 0 Å². The van der Waals surface area contributed by atoms with Crippen molar-refractivity contribution in [1.82, 2.24) is 14.6 Å². The average Bonchev–Trinajstić information content (AvgIpc) is 2.92. The van der Waals surface area contributed by atoms with Crippen LogP contribution < -0.4 is 5.32 Å². The number of nitrogens with zero attached hydrogens (tertiary/aromatic N) is 3. The van der Waals surface area contributed by atoms with Gasteiger partial charge in [-0.05, 0) is 26.7 Å².